The fraction of sp³-hybridized carbons (Fsp3) is 0.0625. The van der Waals surface area contributed by atoms with Crippen LogP contribution < -0.4 is 10.2 Å². The zero-order valence-corrected chi connectivity index (χ0v) is 12.2. The molecule has 1 N–H and O–H groups in total. The first kappa shape index (κ1) is 13.5. The molecule has 3 rings (SSSR count). The highest BCUT2D eigenvalue weighted by molar-refractivity contribution is 7.80. The second kappa shape index (κ2) is 5.46. The van der Waals surface area contributed by atoms with Crippen LogP contribution in [0.25, 0.3) is 6.08 Å². The van der Waals surface area contributed by atoms with Crippen LogP contribution in [0.1, 0.15) is 11.1 Å². The van der Waals surface area contributed by atoms with E-state index in [1.807, 2.05) is 43.3 Å². The summed E-state index contributed by atoms with van der Waals surface area (Å²) in [5.74, 6) is -0.152. The highest BCUT2D eigenvalue weighted by atomic mass is 32.1. The van der Waals surface area contributed by atoms with Gasteiger partial charge in [0.25, 0.3) is 5.91 Å². The van der Waals surface area contributed by atoms with E-state index in [1.165, 1.54) is 4.90 Å². The number of carbonyl (C=O) groups excluding carboxylic acids is 1. The maximum absolute atomic E-state index is 12.5. The Balaban J connectivity index is 1.92. The number of nitrogens with zero attached hydrogens (tertiary/aromatic N) is 2. The van der Waals surface area contributed by atoms with Gasteiger partial charge in [0.05, 0.1) is 5.69 Å². The zero-order chi connectivity index (χ0) is 14.8. The number of anilines is 1. The monoisotopic (exact) mass is 295 g/mol. The topological polar surface area (TPSA) is 45.2 Å². The van der Waals surface area contributed by atoms with Crippen molar-refractivity contribution in [1.29, 1.82) is 0 Å². The van der Waals surface area contributed by atoms with Crippen molar-refractivity contribution in [1.82, 2.24) is 10.3 Å². The van der Waals surface area contributed by atoms with Gasteiger partial charge in [-0.3, -0.25) is 14.7 Å². The van der Waals surface area contributed by atoms with E-state index >= 15 is 0 Å². The van der Waals surface area contributed by atoms with Crippen molar-refractivity contribution in [3.8, 4) is 0 Å². The van der Waals surface area contributed by atoms with Crippen LogP contribution >= 0.6 is 12.2 Å². The van der Waals surface area contributed by atoms with Gasteiger partial charge in [-0.25, -0.2) is 0 Å². The predicted molar refractivity (Wildman–Crippen MR) is 86.6 cm³/mol. The molecule has 21 heavy (non-hydrogen) atoms. The maximum atomic E-state index is 12.5. The van der Waals surface area contributed by atoms with Gasteiger partial charge in [0.15, 0.2) is 5.11 Å². The van der Waals surface area contributed by atoms with Crippen LogP contribution in [-0.4, -0.2) is 16.0 Å². The quantitative estimate of drug-likeness (QED) is 0.683. The molecule has 0 spiro atoms. The highest BCUT2D eigenvalue weighted by Gasteiger charge is 2.31. The molecule has 0 bridgehead atoms. The SMILES string of the molecule is Cc1ccc(N2C(=O)/C(=C/c3ccncc3)NC2=S)cc1. The summed E-state index contributed by atoms with van der Waals surface area (Å²) in [5.41, 5.74) is 3.26. The minimum Gasteiger partial charge on any atom is -0.327 e. The van der Waals surface area contributed by atoms with Crippen LogP contribution in [0.15, 0.2) is 54.5 Å². The normalized spacial score (nSPS) is 16.4. The smallest absolute Gasteiger partial charge is 0.281 e. The molecule has 1 fully saturated rings. The Bertz CT molecular complexity index is 723. The lowest BCUT2D eigenvalue weighted by atomic mass is 10.2. The number of aryl methyl sites for hydroxylation is 1. The fourth-order valence-corrected chi connectivity index (χ4v) is 2.39. The van der Waals surface area contributed by atoms with Crippen LogP contribution in [0.4, 0.5) is 5.69 Å². The predicted octanol–water partition coefficient (Wildman–Crippen LogP) is 2.65. The molecule has 0 saturated carbocycles. The molecular weight excluding hydrogens is 282 g/mol. The molecular formula is C16H13N3OS. The molecule has 104 valence electrons. The third kappa shape index (κ3) is 2.68. The van der Waals surface area contributed by atoms with Gasteiger partial charge in [-0.15, -0.1) is 0 Å². The van der Waals surface area contributed by atoms with E-state index in [4.69, 9.17) is 12.2 Å². The molecule has 0 aliphatic carbocycles. The summed E-state index contributed by atoms with van der Waals surface area (Å²) < 4.78 is 0. The summed E-state index contributed by atoms with van der Waals surface area (Å²) >= 11 is 5.27. The van der Waals surface area contributed by atoms with Gasteiger partial charge in [0.1, 0.15) is 5.70 Å². The van der Waals surface area contributed by atoms with E-state index in [-0.39, 0.29) is 5.91 Å². The van der Waals surface area contributed by atoms with Crippen LogP contribution in [0.2, 0.25) is 0 Å². The van der Waals surface area contributed by atoms with E-state index < -0.39 is 0 Å². The Labute approximate surface area is 128 Å². The molecule has 1 aromatic carbocycles. The number of benzene rings is 1. The second-order valence-electron chi connectivity index (χ2n) is 4.74. The van der Waals surface area contributed by atoms with Crippen molar-refractivity contribution in [3.05, 3.63) is 65.6 Å². The van der Waals surface area contributed by atoms with E-state index in [2.05, 4.69) is 10.3 Å². The van der Waals surface area contributed by atoms with Gasteiger partial charge in [0.2, 0.25) is 0 Å². The number of hydrogen-bond donors (Lipinski definition) is 1. The van der Waals surface area contributed by atoms with Crippen molar-refractivity contribution in [2.45, 2.75) is 6.92 Å². The highest BCUT2D eigenvalue weighted by Crippen LogP contribution is 2.22. The van der Waals surface area contributed by atoms with Gasteiger partial charge >= 0.3 is 0 Å². The Morgan fingerprint density at radius 2 is 1.81 bits per heavy atom. The summed E-state index contributed by atoms with van der Waals surface area (Å²) in [6.45, 7) is 2.00. The number of thiocarbonyl (C=S) groups is 1. The van der Waals surface area contributed by atoms with Crippen molar-refractivity contribution in [3.63, 3.8) is 0 Å². The van der Waals surface area contributed by atoms with Crippen LogP contribution in [0.5, 0.6) is 0 Å². The van der Waals surface area contributed by atoms with Crippen LogP contribution in [0, 0.1) is 6.92 Å². The standard InChI is InChI=1S/C16H13N3OS/c1-11-2-4-13(5-3-11)19-15(20)14(18-16(19)21)10-12-6-8-17-9-7-12/h2-10H,1H3,(H,18,21)/b14-10-. The summed E-state index contributed by atoms with van der Waals surface area (Å²) in [4.78, 5) is 18.0. The lowest BCUT2D eigenvalue weighted by Gasteiger charge is -2.13. The Hall–Kier alpha value is -2.53. The van der Waals surface area contributed by atoms with E-state index in [9.17, 15) is 4.79 Å². The van der Waals surface area contributed by atoms with Gasteiger partial charge in [-0.1, -0.05) is 17.7 Å². The van der Waals surface area contributed by atoms with Crippen LogP contribution in [-0.2, 0) is 4.79 Å². The molecule has 1 aromatic heterocycles. The number of nitrogens with one attached hydrogen (secondary N) is 1. The average molecular weight is 295 g/mol. The molecule has 1 aliphatic heterocycles. The summed E-state index contributed by atoms with van der Waals surface area (Å²) in [6, 6.07) is 11.3. The number of carbonyl (C=O) groups is 1. The summed E-state index contributed by atoms with van der Waals surface area (Å²) in [6.07, 6.45) is 5.13. The Morgan fingerprint density at radius 3 is 2.48 bits per heavy atom. The van der Waals surface area contributed by atoms with Crippen LogP contribution in [0.3, 0.4) is 0 Å². The third-order valence-corrected chi connectivity index (χ3v) is 3.47. The zero-order valence-electron chi connectivity index (χ0n) is 11.4. The van der Waals surface area contributed by atoms with Crippen molar-refractivity contribution in [2.75, 3.05) is 4.90 Å². The molecule has 0 radical (unpaired) electrons. The van der Waals surface area contributed by atoms with Gasteiger partial charge in [0, 0.05) is 12.4 Å². The summed E-state index contributed by atoms with van der Waals surface area (Å²) in [7, 11) is 0. The molecule has 1 aliphatic rings. The fourth-order valence-electron chi connectivity index (χ4n) is 2.09. The molecule has 2 heterocycles. The number of hydrogen-bond acceptors (Lipinski definition) is 3. The number of rotatable bonds is 2. The molecule has 1 amide bonds. The first-order chi connectivity index (χ1) is 10.1. The first-order valence-corrected chi connectivity index (χ1v) is 6.90. The number of aromatic nitrogens is 1. The molecule has 4 nitrogen and oxygen atoms in total. The van der Waals surface area contributed by atoms with Crippen molar-refractivity contribution < 1.29 is 4.79 Å². The second-order valence-corrected chi connectivity index (χ2v) is 5.13. The molecule has 2 aromatic rings. The lowest BCUT2D eigenvalue weighted by Crippen LogP contribution is -2.30. The largest absolute Gasteiger partial charge is 0.327 e. The average Bonchev–Trinajstić information content (AvgIpc) is 2.76. The van der Waals surface area contributed by atoms with E-state index in [0.29, 0.717) is 10.8 Å². The number of pyridine rings is 1. The van der Waals surface area contributed by atoms with Gasteiger partial charge in [-0.2, -0.15) is 0 Å². The Morgan fingerprint density at radius 1 is 1.14 bits per heavy atom. The molecule has 1 saturated heterocycles. The molecule has 5 heteroatoms. The van der Waals surface area contributed by atoms with Gasteiger partial charge in [-0.05, 0) is 55.0 Å². The van der Waals surface area contributed by atoms with Gasteiger partial charge < -0.3 is 5.32 Å². The van der Waals surface area contributed by atoms with E-state index in [0.717, 1.165) is 16.8 Å². The molecule has 0 atom stereocenters. The number of amides is 1. The molecule has 0 unspecified atom stereocenters. The first-order valence-electron chi connectivity index (χ1n) is 6.49. The minimum atomic E-state index is -0.152. The van der Waals surface area contributed by atoms with Crippen molar-refractivity contribution in [2.24, 2.45) is 0 Å². The Kier molecular flexibility index (Phi) is 3.50. The van der Waals surface area contributed by atoms with Crippen molar-refractivity contribution >= 4 is 35.0 Å². The van der Waals surface area contributed by atoms with E-state index in [1.54, 1.807) is 18.5 Å². The minimum absolute atomic E-state index is 0.152. The third-order valence-electron chi connectivity index (χ3n) is 3.19. The maximum Gasteiger partial charge on any atom is 0.281 e. The summed E-state index contributed by atoms with van der Waals surface area (Å²) in [5, 5.41) is 3.36. The lowest BCUT2D eigenvalue weighted by molar-refractivity contribution is -0.113.